The first-order chi connectivity index (χ1) is 13.0. The molecule has 146 valence electrons. The lowest BCUT2D eigenvalue weighted by molar-refractivity contribution is -0.129. The second kappa shape index (κ2) is 7.17. The van der Waals surface area contributed by atoms with E-state index in [9.17, 15) is 4.79 Å². The van der Waals surface area contributed by atoms with E-state index < -0.39 is 0 Å². The largest absolute Gasteiger partial charge is 0.497 e. The minimum atomic E-state index is 0.0400. The Morgan fingerprint density at radius 1 is 1.11 bits per heavy atom. The Kier molecular flexibility index (Phi) is 4.87. The van der Waals surface area contributed by atoms with Gasteiger partial charge in [0.1, 0.15) is 11.5 Å². The molecule has 5 heteroatoms. The molecule has 0 radical (unpaired) electrons. The van der Waals surface area contributed by atoms with Gasteiger partial charge >= 0.3 is 0 Å². The Morgan fingerprint density at radius 3 is 2.30 bits per heavy atom. The number of hydrazone groups is 1. The maximum atomic E-state index is 12.7. The van der Waals surface area contributed by atoms with Gasteiger partial charge in [0.05, 0.1) is 19.9 Å². The standard InChI is InChI=1S/C22H30N2O3/c1-14(19-9-18(26-2)4-5-20(19)27-3)23-24-21(25)13-22-10-15-6-16(11-22)8-17(7-15)12-22/h4-5,9,15-17H,6-8,10-13H2,1-3H3,(H,24,25)/b23-14-. The summed E-state index contributed by atoms with van der Waals surface area (Å²) in [5.74, 6) is 4.06. The highest BCUT2D eigenvalue weighted by Gasteiger charge is 2.51. The zero-order valence-electron chi connectivity index (χ0n) is 16.6. The highest BCUT2D eigenvalue weighted by atomic mass is 16.5. The van der Waals surface area contributed by atoms with Gasteiger partial charge in [0, 0.05) is 12.0 Å². The maximum absolute atomic E-state index is 12.7. The van der Waals surface area contributed by atoms with Crippen molar-refractivity contribution in [3.05, 3.63) is 23.8 Å². The van der Waals surface area contributed by atoms with Crippen molar-refractivity contribution in [3.8, 4) is 11.5 Å². The lowest BCUT2D eigenvalue weighted by Crippen LogP contribution is -2.47. The summed E-state index contributed by atoms with van der Waals surface area (Å²) in [5, 5.41) is 4.36. The zero-order valence-corrected chi connectivity index (χ0v) is 16.6. The molecule has 4 aliphatic rings. The molecule has 1 amide bonds. The van der Waals surface area contributed by atoms with Gasteiger partial charge in [-0.25, -0.2) is 5.43 Å². The van der Waals surface area contributed by atoms with Gasteiger partial charge in [-0.3, -0.25) is 4.79 Å². The van der Waals surface area contributed by atoms with E-state index in [0.717, 1.165) is 29.1 Å². The molecule has 1 aromatic rings. The molecule has 0 aromatic heterocycles. The third-order valence-electron chi connectivity index (χ3n) is 6.85. The summed E-state index contributed by atoms with van der Waals surface area (Å²) in [6.07, 6.45) is 8.51. The number of methoxy groups -OCH3 is 2. The van der Waals surface area contributed by atoms with E-state index in [4.69, 9.17) is 9.47 Å². The van der Waals surface area contributed by atoms with Crippen LogP contribution in [0.3, 0.4) is 0 Å². The molecule has 27 heavy (non-hydrogen) atoms. The summed E-state index contributed by atoms with van der Waals surface area (Å²) in [6, 6.07) is 5.58. The van der Waals surface area contributed by atoms with Crippen LogP contribution in [0.5, 0.6) is 11.5 Å². The number of nitrogens with one attached hydrogen (secondary N) is 1. The van der Waals surface area contributed by atoms with Crippen LogP contribution in [-0.2, 0) is 4.79 Å². The highest BCUT2D eigenvalue weighted by molar-refractivity contribution is 6.02. The van der Waals surface area contributed by atoms with Crippen LogP contribution in [0.2, 0.25) is 0 Å². The van der Waals surface area contributed by atoms with Crippen LogP contribution in [0.1, 0.15) is 57.4 Å². The molecule has 1 N–H and O–H groups in total. The fraction of sp³-hybridized carbons (Fsp3) is 0.636. The van der Waals surface area contributed by atoms with E-state index in [-0.39, 0.29) is 11.3 Å². The lowest BCUT2D eigenvalue weighted by atomic mass is 9.49. The Hall–Kier alpha value is -2.04. The molecule has 4 fully saturated rings. The van der Waals surface area contributed by atoms with Gasteiger partial charge in [-0.15, -0.1) is 0 Å². The first kappa shape index (κ1) is 18.3. The molecular formula is C22H30N2O3. The molecule has 0 spiro atoms. The van der Waals surface area contributed by atoms with Gasteiger partial charge in [-0.1, -0.05) is 0 Å². The van der Waals surface area contributed by atoms with Crippen molar-refractivity contribution in [1.29, 1.82) is 0 Å². The molecule has 4 saturated carbocycles. The molecule has 4 aliphatic carbocycles. The second-order valence-electron chi connectivity index (χ2n) is 8.89. The molecule has 0 unspecified atom stereocenters. The lowest BCUT2D eigenvalue weighted by Gasteiger charge is -2.56. The molecule has 5 rings (SSSR count). The van der Waals surface area contributed by atoms with Gasteiger partial charge < -0.3 is 9.47 Å². The summed E-state index contributed by atoms with van der Waals surface area (Å²) in [7, 11) is 3.26. The monoisotopic (exact) mass is 370 g/mol. The fourth-order valence-electron chi connectivity index (χ4n) is 6.19. The Morgan fingerprint density at radius 2 is 1.74 bits per heavy atom. The van der Waals surface area contributed by atoms with E-state index in [0.29, 0.717) is 17.9 Å². The average molecular weight is 370 g/mol. The van der Waals surface area contributed by atoms with E-state index in [1.165, 1.54) is 38.5 Å². The van der Waals surface area contributed by atoms with Crippen LogP contribution in [0, 0.1) is 23.2 Å². The van der Waals surface area contributed by atoms with E-state index in [2.05, 4.69) is 10.5 Å². The van der Waals surface area contributed by atoms with Crippen molar-refractivity contribution in [2.75, 3.05) is 14.2 Å². The smallest absolute Gasteiger partial charge is 0.240 e. The molecule has 1 aromatic carbocycles. The number of rotatable bonds is 6. The maximum Gasteiger partial charge on any atom is 0.240 e. The number of amides is 1. The summed E-state index contributed by atoms with van der Waals surface area (Å²) in [5.41, 5.74) is 4.57. The molecule has 4 bridgehead atoms. The van der Waals surface area contributed by atoms with E-state index in [1.807, 2.05) is 25.1 Å². The summed E-state index contributed by atoms with van der Waals surface area (Å²) >= 11 is 0. The van der Waals surface area contributed by atoms with Gasteiger partial charge in [-0.2, -0.15) is 5.10 Å². The third kappa shape index (κ3) is 3.69. The molecule has 0 aliphatic heterocycles. The van der Waals surface area contributed by atoms with Crippen molar-refractivity contribution < 1.29 is 14.3 Å². The van der Waals surface area contributed by atoms with Gasteiger partial charge in [0.25, 0.3) is 0 Å². The molecule has 0 heterocycles. The quantitative estimate of drug-likeness (QED) is 0.604. The zero-order chi connectivity index (χ0) is 19.0. The molecule has 0 atom stereocenters. The normalized spacial score (nSPS) is 31.7. The van der Waals surface area contributed by atoms with Crippen LogP contribution in [0.25, 0.3) is 0 Å². The second-order valence-corrected chi connectivity index (χ2v) is 8.89. The number of carbonyl (C=O) groups is 1. The minimum absolute atomic E-state index is 0.0400. The van der Waals surface area contributed by atoms with E-state index >= 15 is 0 Å². The van der Waals surface area contributed by atoms with Gasteiger partial charge in [0.2, 0.25) is 5.91 Å². The van der Waals surface area contributed by atoms with E-state index in [1.54, 1.807) is 14.2 Å². The van der Waals surface area contributed by atoms with Crippen molar-refractivity contribution in [1.82, 2.24) is 5.43 Å². The molecule has 0 saturated heterocycles. The first-order valence-electron chi connectivity index (χ1n) is 10.1. The highest BCUT2D eigenvalue weighted by Crippen LogP contribution is 2.61. The van der Waals surface area contributed by atoms with Crippen LogP contribution in [-0.4, -0.2) is 25.8 Å². The number of benzene rings is 1. The Balaban J connectivity index is 1.43. The number of ether oxygens (including phenoxy) is 2. The number of carbonyl (C=O) groups excluding carboxylic acids is 1. The Labute approximate surface area is 161 Å². The van der Waals surface area contributed by atoms with Crippen LogP contribution < -0.4 is 14.9 Å². The molecule has 5 nitrogen and oxygen atoms in total. The van der Waals surface area contributed by atoms with Crippen LogP contribution in [0.15, 0.2) is 23.3 Å². The van der Waals surface area contributed by atoms with Crippen molar-refractivity contribution in [2.45, 2.75) is 51.9 Å². The number of hydrogen-bond acceptors (Lipinski definition) is 4. The summed E-state index contributed by atoms with van der Waals surface area (Å²) in [6.45, 7) is 1.88. The predicted octanol–water partition coefficient (Wildman–Crippen LogP) is 4.15. The van der Waals surface area contributed by atoms with Gasteiger partial charge in [0.15, 0.2) is 0 Å². The van der Waals surface area contributed by atoms with Crippen molar-refractivity contribution in [3.63, 3.8) is 0 Å². The minimum Gasteiger partial charge on any atom is -0.497 e. The van der Waals surface area contributed by atoms with Crippen LogP contribution >= 0.6 is 0 Å². The third-order valence-corrected chi connectivity index (χ3v) is 6.85. The van der Waals surface area contributed by atoms with Crippen molar-refractivity contribution >= 4 is 11.6 Å². The SMILES string of the molecule is COc1ccc(OC)c(/C(C)=N\NC(=O)CC23CC4CC(CC(C4)C2)C3)c1. The molecular weight excluding hydrogens is 340 g/mol. The first-order valence-corrected chi connectivity index (χ1v) is 10.1. The van der Waals surface area contributed by atoms with Gasteiger partial charge in [-0.05, 0) is 86.8 Å². The number of nitrogens with zero attached hydrogens (tertiary/aromatic N) is 1. The average Bonchev–Trinajstić information content (AvgIpc) is 2.64. The Bertz CT molecular complexity index is 721. The summed E-state index contributed by atoms with van der Waals surface area (Å²) < 4.78 is 10.7. The van der Waals surface area contributed by atoms with Crippen molar-refractivity contribution in [2.24, 2.45) is 28.3 Å². The number of hydrogen-bond donors (Lipinski definition) is 1. The fourth-order valence-corrected chi connectivity index (χ4v) is 6.19. The predicted molar refractivity (Wildman–Crippen MR) is 105 cm³/mol. The summed E-state index contributed by atoms with van der Waals surface area (Å²) in [4.78, 5) is 12.7. The van der Waals surface area contributed by atoms with Crippen LogP contribution in [0.4, 0.5) is 0 Å². The topological polar surface area (TPSA) is 59.9 Å².